The molecule has 0 saturated carbocycles. The number of para-hydroxylation sites is 1. The number of hydrogen-bond acceptors (Lipinski definition) is 2. The highest BCUT2D eigenvalue weighted by molar-refractivity contribution is 5.80. The standard InChI is InChI=1S/C13H10FN3/c14-12-6-1-3-9-8-16-17(13(9)12)11-5-2-4-10(15)7-11/h1-8H,15H2. The van der Waals surface area contributed by atoms with E-state index in [-0.39, 0.29) is 5.82 Å². The van der Waals surface area contributed by atoms with Gasteiger partial charge in [0.25, 0.3) is 0 Å². The van der Waals surface area contributed by atoms with Crippen LogP contribution in [0.3, 0.4) is 0 Å². The minimum Gasteiger partial charge on any atom is -0.399 e. The predicted octanol–water partition coefficient (Wildman–Crippen LogP) is 2.75. The quantitative estimate of drug-likeness (QED) is 0.649. The zero-order valence-electron chi connectivity index (χ0n) is 8.97. The lowest BCUT2D eigenvalue weighted by Crippen LogP contribution is -1.98. The number of benzene rings is 2. The highest BCUT2D eigenvalue weighted by Gasteiger charge is 2.09. The fourth-order valence-electron chi connectivity index (χ4n) is 1.89. The predicted molar refractivity (Wildman–Crippen MR) is 65.4 cm³/mol. The molecule has 3 aromatic rings. The topological polar surface area (TPSA) is 43.8 Å². The summed E-state index contributed by atoms with van der Waals surface area (Å²) < 4.78 is 15.3. The lowest BCUT2D eigenvalue weighted by atomic mass is 10.2. The van der Waals surface area contributed by atoms with Gasteiger partial charge in [-0.3, -0.25) is 0 Å². The van der Waals surface area contributed by atoms with Crippen LogP contribution in [0.1, 0.15) is 0 Å². The normalized spacial score (nSPS) is 10.9. The van der Waals surface area contributed by atoms with Crippen molar-refractivity contribution in [3.8, 4) is 5.69 Å². The Hall–Kier alpha value is -2.36. The average molecular weight is 227 g/mol. The maximum absolute atomic E-state index is 13.8. The Bertz CT molecular complexity index is 688. The molecule has 0 spiro atoms. The van der Waals surface area contributed by atoms with Gasteiger partial charge in [-0.25, -0.2) is 9.07 Å². The van der Waals surface area contributed by atoms with E-state index in [1.807, 2.05) is 18.2 Å². The van der Waals surface area contributed by atoms with Gasteiger partial charge in [-0.05, 0) is 24.3 Å². The molecule has 0 fully saturated rings. The lowest BCUT2D eigenvalue weighted by Gasteiger charge is -2.04. The zero-order chi connectivity index (χ0) is 11.8. The monoisotopic (exact) mass is 227 g/mol. The Morgan fingerprint density at radius 3 is 2.76 bits per heavy atom. The molecule has 0 radical (unpaired) electrons. The molecule has 2 N–H and O–H groups in total. The molecular weight excluding hydrogens is 217 g/mol. The molecule has 0 aliphatic carbocycles. The fourth-order valence-corrected chi connectivity index (χ4v) is 1.89. The summed E-state index contributed by atoms with van der Waals surface area (Å²) in [4.78, 5) is 0. The molecule has 0 aliphatic heterocycles. The second kappa shape index (κ2) is 3.59. The number of nitrogens with two attached hydrogens (primary N) is 1. The van der Waals surface area contributed by atoms with Gasteiger partial charge in [0.05, 0.1) is 11.9 Å². The van der Waals surface area contributed by atoms with Crippen LogP contribution in [0.2, 0.25) is 0 Å². The lowest BCUT2D eigenvalue weighted by molar-refractivity contribution is 0.632. The van der Waals surface area contributed by atoms with Crippen molar-refractivity contribution in [2.75, 3.05) is 5.73 Å². The van der Waals surface area contributed by atoms with Gasteiger partial charge in [-0.2, -0.15) is 5.10 Å². The van der Waals surface area contributed by atoms with Crippen LogP contribution in [0.4, 0.5) is 10.1 Å². The first-order valence-corrected chi connectivity index (χ1v) is 5.24. The van der Waals surface area contributed by atoms with Crippen molar-refractivity contribution in [2.45, 2.75) is 0 Å². The summed E-state index contributed by atoms with van der Waals surface area (Å²) in [6.07, 6.45) is 1.64. The van der Waals surface area contributed by atoms with E-state index in [1.165, 1.54) is 6.07 Å². The number of anilines is 1. The van der Waals surface area contributed by atoms with Crippen molar-refractivity contribution in [2.24, 2.45) is 0 Å². The maximum atomic E-state index is 13.8. The van der Waals surface area contributed by atoms with Crippen LogP contribution in [-0.2, 0) is 0 Å². The van der Waals surface area contributed by atoms with E-state index in [0.717, 1.165) is 11.1 Å². The van der Waals surface area contributed by atoms with Crippen molar-refractivity contribution >= 4 is 16.6 Å². The molecule has 1 aromatic heterocycles. The van der Waals surface area contributed by atoms with Crippen LogP contribution in [-0.4, -0.2) is 9.78 Å². The SMILES string of the molecule is Nc1cccc(-n2ncc3cccc(F)c32)c1. The summed E-state index contributed by atoms with van der Waals surface area (Å²) >= 11 is 0. The maximum Gasteiger partial charge on any atom is 0.149 e. The molecule has 17 heavy (non-hydrogen) atoms. The van der Waals surface area contributed by atoms with Crippen LogP contribution in [0.25, 0.3) is 16.6 Å². The summed E-state index contributed by atoms with van der Waals surface area (Å²) in [5.41, 5.74) is 7.56. The van der Waals surface area contributed by atoms with Crippen LogP contribution in [0.15, 0.2) is 48.7 Å². The molecular formula is C13H10FN3. The van der Waals surface area contributed by atoms with E-state index in [1.54, 1.807) is 29.1 Å². The van der Waals surface area contributed by atoms with Gasteiger partial charge in [0.15, 0.2) is 0 Å². The van der Waals surface area contributed by atoms with Gasteiger partial charge >= 0.3 is 0 Å². The summed E-state index contributed by atoms with van der Waals surface area (Å²) in [5.74, 6) is -0.289. The Morgan fingerprint density at radius 2 is 1.94 bits per heavy atom. The average Bonchev–Trinajstić information content (AvgIpc) is 2.74. The molecule has 0 saturated heterocycles. The number of nitrogen functional groups attached to an aromatic ring is 1. The van der Waals surface area contributed by atoms with Crippen molar-refractivity contribution in [3.05, 3.63) is 54.5 Å². The zero-order valence-corrected chi connectivity index (χ0v) is 8.97. The van der Waals surface area contributed by atoms with Crippen molar-refractivity contribution in [1.82, 2.24) is 9.78 Å². The number of nitrogens with zero attached hydrogens (tertiary/aromatic N) is 2. The molecule has 0 atom stereocenters. The van der Waals surface area contributed by atoms with E-state index in [9.17, 15) is 4.39 Å². The first-order valence-electron chi connectivity index (χ1n) is 5.24. The van der Waals surface area contributed by atoms with Crippen LogP contribution < -0.4 is 5.73 Å². The minimum atomic E-state index is -0.289. The van der Waals surface area contributed by atoms with Crippen LogP contribution in [0.5, 0.6) is 0 Å². The molecule has 3 nitrogen and oxygen atoms in total. The van der Waals surface area contributed by atoms with Gasteiger partial charge < -0.3 is 5.73 Å². The number of aromatic nitrogens is 2. The Kier molecular flexibility index (Phi) is 2.08. The van der Waals surface area contributed by atoms with Crippen molar-refractivity contribution in [1.29, 1.82) is 0 Å². The van der Waals surface area contributed by atoms with Gasteiger partial charge in [0, 0.05) is 11.1 Å². The van der Waals surface area contributed by atoms with Gasteiger partial charge in [-0.1, -0.05) is 18.2 Å². The third-order valence-corrected chi connectivity index (χ3v) is 2.66. The summed E-state index contributed by atoms with van der Waals surface area (Å²) in [5, 5.41) is 4.96. The van der Waals surface area contributed by atoms with Crippen LogP contribution in [0, 0.1) is 5.82 Å². The van der Waals surface area contributed by atoms with E-state index >= 15 is 0 Å². The largest absolute Gasteiger partial charge is 0.399 e. The molecule has 0 aliphatic rings. The first kappa shape index (κ1) is 9.84. The Morgan fingerprint density at radius 1 is 1.12 bits per heavy atom. The van der Waals surface area contributed by atoms with E-state index < -0.39 is 0 Å². The number of halogens is 1. The third-order valence-electron chi connectivity index (χ3n) is 2.66. The van der Waals surface area contributed by atoms with Crippen LogP contribution >= 0.6 is 0 Å². The molecule has 0 bridgehead atoms. The highest BCUT2D eigenvalue weighted by atomic mass is 19.1. The highest BCUT2D eigenvalue weighted by Crippen LogP contribution is 2.21. The summed E-state index contributed by atoms with van der Waals surface area (Å²) in [6, 6.07) is 12.1. The fraction of sp³-hybridized carbons (Fsp3) is 0. The van der Waals surface area contributed by atoms with E-state index in [4.69, 9.17) is 5.73 Å². The number of rotatable bonds is 1. The summed E-state index contributed by atoms with van der Waals surface area (Å²) in [7, 11) is 0. The molecule has 0 amide bonds. The second-order valence-electron chi connectivity index (χ2n) is 3.83. The van der Waals surface area contributed by atoms with E-state index in [0.29, 0.717) is 11.2 Å². The van der Waals surface area contributed by atoms with Crippen molar-refractivity contribution < 1.29 is 4.39 Å². The smallest absolute Gasteiger partial charge is 0.149 e. The molecule has 84 valence electrons. The molecule has 3 rings (SSSR count). The second-order valence-corrected chi connectivity index (χ2v) is 3.83. The van der Waals surface area contributed by atoms with Gasteiger partial charge in [0.2, 0.25) is 0 Å². The molecule has 4 heteroatoms. The van der Waals surface area contributed by atoms with Gasteiger partial charge in [0.1, 0.15) is 11.3 Å². The number of hydrogen-bond donors (Lipinski definition) is 1. The third kappa shape index (κ3) is 1.54. The molecule has 1 heterocycles. The molecule has 2 aromatic carbocycles. The van der Waals surface area contributed by atoms with E-state index in [2.05, 4.69) is 5.10 Å². The Labute approximate surface area is 97.3 Å². The number of fused-ring (bicyclic) bond motifs is 1. The first-order chi connectivity index (χ1) is 8.25. The Balaban J connectivity index is 2.31. The minimum absolute atomic E-state index is 0.289. The molecule has 0 unspecified atom stereocenters. The van der Waals surface area contributed by atoms with Gasteiger partial charge in [-0.15, -0.1) is 0 Å². The summed E-state index contributed by atoms with van der Waals surface area (Å²) in [6.45, 7) is 0. The van der Waals surface area contributed by atoms with Crippen molar-refractivity contribution in [3.63, 3.8) is 0 Å².